The number of anilines is 1. The van der Waals surface area contributed by atoms with E-state index in [1.54, 1.807) is 0 Å². The molecule has 0 unspecified atom stereocenters. The van der Waals surface area contributed by atoms with Gasteiger partial charge in [0, 0.05) is 24.2 Å². The van der Waals surface area contributed by atoms with E-state index in [4.69, 9.17) is 0 Å². The van der Waals surface area contributed by atoms with Crippen LogP contribution in [0.5, 0.6) is 0 Å². The zero-order chi connectivity index (χ0) is 8.39. The van der Waals surface area contributed by atoms with Crippen LogP contribution < -0.4 is 4.90 Å². The Bertz CT molecular complexity index is 269. The van der Waals surface area contributed by atoms with E-state index >= 15 is 0 Å². The Morgan fingerprint density at radius 1 is 1.33 bits per heavy atom. The largest absolute Gasteiger partial charge is 0.357 e. The number of hydrogen-bond donors (Lipinski definition) is 1. The maximum atomic E-state index is 4.30. The van der Waals surface area contributed by atoms with Gasteiger partial charge in [-0.25, -0.2) is 4.98 Å². The topological polar surface area (TPSA) is 16.1 Å². The van der Waals surface area contributed by atoms with Gasteiger partial charge < -0.3 is 4.90 Å². The first-order chi connectivity index (χ1) is 5.86. The molecule has 0 spiro atoms. The molecule has 1 aromatic heterocycles. The van der Waals surface area contributed by atoms with E-state index in [0.29, 0.717) is 0 Å². The lowest BCUT2D eigenvalue weighted by Gasteiger charge is -2.15. The van der Waals surface area contributed by atoms with Crippen molar-refractivity contribution in [1.29, 1.82) is 0 Å². The molecule has 3 heteroatoms. The quantitative estimate of drug-likeness (QED) is 0.665. The molecule has 0 radical (unpaired) electrons. The van der Waals surface area contributed by atoms with Crippen LogP contribution in [-0.2, 0) is 0 Å². The fourth-order valence-corrected chi connectivity index (χ4v) is 1.71. The first-order valence-corrected chi connectivity index (χ1v) is 4.71. The zero-order valence-corrected chi connectivity index (χ0v) is 7.80. The highest BCUT2D eigenvalue weighted by Gasteiger charge is 2.12. The summed E-state index contributed by atoms with van der Waals surface area (Å²) in [5.41, 5.74) is 0. The molecular weight excluding hydrogens is 168 g/mol. The minimum Gasteiger partial charge on any atom is -0.357 e. The number of rotatable bonds is 1. The molecule has 1 saturated heterocycles. The fourth-order valence-electron chi connectivity index (χ4n) is 1.53. The van der Waals surface area contributed by atoms with Crippen LogP contribution in [0.25, 0.3) is 0 Å². The van der Waals surface area contributed by atoms with Crippen LogP contribution in [-0.4, -0.2) is 18.1 Å². The number of hydrogen-bond acceptors (Lipinski definition) is 3. The Kier molecular flexibility index (Phi) is 2.21. The molecule has 64 valence electrons. The molecule has 0 aromatic carbocycles. The van der Waals surface area contributed by atoms with E-state index in [1.165, 1.54) is 12.8 Å². The van der Waals surface area contributed by atoms with Crippen LogP contribution in [0.4, 0.5) is 5.82 Å². The minimum absolute atomic E-state index is 0.993. The van der Waals surface area contributed by atoms with E-state index in [-0.39, 0.29) is 0 Å². The van der Waals surface area contributed by atoms with Gasteiger partial charge in [0.25, 0.3) is 0 Å². The van der Waals surface area contributed by atoms with E-state index < -0.39 is 0 Å². The number of aromatic nitrogens is 1. The molecule has 1 aliphatic heterocycles. The highest BCUT2D eigenvalue weighted by Crippen LogP contribution is 2.19. The molecule has 0 saturated carbocycles. The first-order valence-electron chi connectivity index (χ1n) is 4.26. The Balaban J connectivity index is 2.21. The third-order valence-electron chi connectivity index (χ3n) is 2.16. The molecule has 2 rings (SSSR count). The third-order valence-corrected chi connectivity index (χ3v) is 2.44. The van der Waals surface area contributed by atoms with Gasteiger partial charge in [0.15, 0.2) is 0 Å². The van der Waals surface area contributed by atoms with Crippen molar-refractivity contribution in [1.82, 2.24) is 4.98 Å². The highest BCUT2D eigenvalue weighted by molar-refractivity contribution is 7.80. The second kappa shape index (κ2) is 3.35. The van der Waals surface area contributed by atoms with Gasteiger partial charge in [0.05, 0.1) is 0 Å². The van der Waals surface area contributed by atoms with Crippen LogP contribution in [0.1, 0.15) is 12.8 Å². The van der Waals surface area contributed by atoms with E-state index in [0.717, 1.165) is 23.8 Å². The smallest absolute Gasteiger partial charge is 0.129 e. The van der Waals surface area contributed by atoms with E-state index in [9.17, 15) is 0 Å². The summed E-state index contributed by atoms with van der Waals surface area (Å²) in [6.07, 6.45) is 4.40. The van der Waals surface area contributed by atoms with Crippen LogP contribution >= 0.6 is 12.6 Å². The average Bonchev–Trinajstić information content (AvgIpc) is 2.56. The number of nitrogens with zero attached hydrogens (tertiary/aromatic N) is 2. The summed E-state index contributed by atoms with van der Waals surface area (Å²) in [4.78, 5) is 7.60. The molecular formula is C9H12N2S. The van der Waals surface area contributed by atoms with Gasteiger partial charge in [0.1, 0.15) is 5.82 Å². The van der Waals surface area contributed by atoms with Gasteiger partial charge in [-0.3, -0.25) is 0 Å². The molecule has 1 aliphatic rings. The van der Waals surface area contributed by atoms with Crippen molar-refractivity contribution >= 4 is 18.4 Å². The van der Waals surface area contributed by atoms with Crippen LogP contribution in [0.3, 0.4) is 0 Å². The van der Waals surface area contributed by atoms with Gasteiger partial charge in [-0.15, -0.1) is 12.6 Å². The van der Waals surface area contributed by atoms with Crippen LogP contribution in [0.2, 0.25) is 0 Å². The van der Waals surface area contributed by atoms with Gasteiger partial charge in [-0.1, -0.05) is 0 Å². The molecule has 12 heavy (non-hydrogen) atoms. The van der Waals surface area contributed by atoms with Gasteiger partial charge in [-0.05, 0) is 25.0 Å². The Labute approximate surface area is 78.0 Å². The lowest BCUT2D eigenvalue weighted by atomic mass is 10.4. The van der Waals surface area contributed by atoms with E-state index in [1.807, 2.05) is 18.3 Å². The Hall–Kier alpha value is -0.700. The third kappa shape index (κ3) is 1.55. The molecule has 2 nitrogen and oxygen atoms in total. The number of thiol groups is 1. The van der Waals surface area contributed by atoms with Crippen molar-refractivity contribution in [3.05, 3.63) is 18.3 Å². The predicted molar refractivity (Wildman–Crippen MR) is 52.9 cm³/mol. The van der Waals surface area contributed by atoms with Crippen molar-refractivity contribution in [3.8, 4) is 0 Å². The number of pyridine rings is 1. The standard InChI is InChI=1S/C9H12N2S/c12-8-3-4-10-9(7-8)11-5-1-2-6-11/h3-4,7H,1-2,5-6H2,(H,10,12). The summed E-state index contributed by atoms with van der Waals surface area (Å²) in [6, 6.07) is 3.93. The summed E-state index contributed by atoms with van der Waals surface area (Å²) in [5, 5.41) is 0. The summed E-state index contributed by atoms with van der Waals surface area (Å²) in [5.74, 6) is 1.07. The SMILES string of the molecule is Sc1ccnc(N2CCCC2)c1. The van der Waals surface area contributed by atoms with Gasteiger partial charge in [-0.2, -0.15) is 0 Å². The van der Waals surface area contributed by atoms with Crippen molar-refractivity contribution in [2.75, 3.05) is 18.0 Å². The fraction of sp³-hybridized carbons (Fsp3) is 0.444. The molecule has 0 aliphatic carbocycles. The van der Waals surface area contributed by atoms with Crippen LogP contribution in [0, 0.1) is 0 Å². The molecule has 0 bridgehead atoms. The van der Waals surface area contributed by atoms with Gasteiger partial charge >= 0.3 is 0 Å². The van der Waals surface area contributed by atoms with Crippen molar-refractivity contribution in [3.63, 3.8) is 0 Å². The van der Waals surface area contributed by atoms with Crippen molar-refractivity contribution < 1.29 is 0 Å². The highest BCUT2D eigenvalue weighted by atomic mass is 32.1. The lowest BCUT2D eigenvalue weighted by Crippen LogP contribution is -2.18. The lowest BCUT2D eigenvalue weighted by molar-refractivity contribution is 0.932. The molecule has 1 aromatic rings. The van der Waals surface area contributed by atoms with Crippen molar-refractivity contribution in [2.45, 2.75) is 17.7 Å². The summed E-state index contributed by atoms with van der Waals surface area (Å²) in [7, 11) is 0. The van der Waals surface area contributed by atoms with Crippen LogP contribution in [0.15, 0.2) is 23.2 Å². The van der Waals surface area contributed by atoms with Crippen molar-refractivity contribution in [2.24, 2.45) is 0 Å². The molecule has 0 atom stereocenters. The van der Waals surface area contributed by atoms with E-state index in [2.05, 4.69) is 22.5 Å². The molecule has 1 fully saturated rings. The predicted octanol–water partition coefficient (Wildman–Crippen LogP) is 1.97. The molecule has 2 heterocycles. The Morgan fingerprint density at radius 3 is 2.75 bits per heavy atom. The second-order valence-corrected chi connectivity index (χ2v) is 3.58. The summed E-state index contributed by atoms with van der Waals surface area (Å²) < 4.78 is 0. The monoisotopic (exact) mass is 180 g/mol. The average molecular weight is 180 g/mol. The summed E-state index contributed by atoms with van der Waals surface area (Å²) in [6.45, 7) is 2.29. The minimum atomic E-state index is 0.993. The maximum Gasteiger partial charge on any atom is 0.129 e. The normalized spacial score (nSPS) is 16.9. The zero-order valence-electron chi connectivity index (χ0n) is 6.90. The molecule has 0 N–H and O–H groups in total. The molecule has 0 amide bonds. The summed E-state index contributed by atoms with van der Waals surface area (Å²) >= 11 is 4.28. The van der Waals surface area contributed by atoms with Gasteiger partial charge in [0.2, 0.25) is 0 Å². The second-order valence-electron chi connectivity index (χ2n) is 3.07. The Morgan fingerprint density at radius 2 is 2.08 bits per heavy atom. The first kappa shape index (κ1) is 7.92. The maximum absolute atomic E-state index is 4.30.